The van der Waals surface area contributed by atoms with Gasteiger partial charge in [0, 0.05) is 23.9 Å². The van der Waals surface area contributed by atoms with Crippen molar-refractivity contribution in [2.24, 2.45) is 0 Å². The Hall–Kier alpha value is -0.820. The van der Waals surface area contributed by atoms with Gasteiger partial charge in [-0.25, -0.2) is 4.79 Å². The molecule has 1 aromatic rings. The molecule has 21 heavy (non-hydrogen) atoms. The quantitative estimate of drug-likeness (QED) is 0.830. The fraction of sp³-hybridized carbons (Fsp3) is 0.643. The number of fused-ring (bicyclic) bond motifs is 2. The molecule has 1 unspecified atom stereocenters. The summed E-state index contributed by atoms with van der Waals surface area (Å²) in [7, 11) is 1.91. The van der Waals surface area contributed by atoms with E-state index in [2.05, 4.69) is 5.32 Å². The number of ether oxygens (including phenoxy) is 1. The number of halogens is 1. The molecule has 1 amide bonds. The number of rotatable bonds is 1. The lowest BCUT2D eigenvalue weighted by Gasteiger charge is -2.47. The first-order valence-corrected chi connectivity index (χ1v) is 8.27. The molecule has 0 aliphatic carbocycles. The lowest BCUT2D eigenvalue weighted by atomic mass is 9.81. The highest BCUT2D eigenvalue weighted by Gasteiger charge is 2.47. The van der Waals surface area contributed by atoms with Crippen LogP contribution in [0.3, 0.4) is 0 Å². The van der Waals surface area contributed by atoms with Gasteiger partial charge in [0.05, 0.1) is 17.0 Å². The van der Waals surface area contributed by atoms with Crippen molar-refractivity contribution >= 4 is 29.0 Å². The molecule has 3 atom stereocenters. The van der Waals surface area contributed by atoms with Gasteiger partial charge in [0.15, 0.2) is 0 Å². The Morgan fingerprint density at radius 1 is 1.67 bits per heavy atom. The van der Waals surface area contributed by atoms with Crippen LogP contribution in [0.5, 0.6) is 0 Å². The topological polar surface area (TPSA) is 61.8 Å². The van der Waals surface area contributed by atoms with E-state index in [1.165, 1.54) is 10.5 Å². The third kappa shape index (κ3) is 2.44. The maximum atomic E-state index is 11.2. The van der Waals surface area contributed by atoms with E-state index in [1.54, 1.807) is 11.3 Å². The van der Waals surface area contributed by atoms with E-state index in [0.717, 1.165) is 9.21 Å². The molecule has 3 heterocycles. The van der Waals surface area contributed by atoms with Crippen molar-refractivity contribution in [1.29, 1.82) is 0 Å². The summed E-state index contributed by atoms with van der Waals surface area (Å²) in [5.41, 5.74) is 0.820. The molecule has 0 bridgehead atoms. The highest BCUT2D eigenvalue weighted by molar-refractivity contribution is 7.16. The summed E-state index contributed by atoms with van der Waals surface area (Å²) in [4.78, 5) is 13.9. The summed E-state index contributed by atoms with van der Waals surface area (Å²) in [5.74, 6) is 0. The molecule has 3 rings (SSSR count). The van der Waals surface area contributed by atoms with E-state index >= 15 is 0 Å². The Bertz CT molecular complexity index is 564. The van der Waals surface area contributed by atoms with Gasteiger partial charge in [0.2, 0.25) is 0 Å². The Balaban J connectivity index is 1.94. The van der Waals surface area contributed by atoms with Crippen LogP contribution in [0.4, 0.5) is 4.79 Å². The molecule has 2 aliphatic heterocycles. The first-order chi connectivity index (χ1) is 9.97. The molecule has 2 N–H and O–H groups in total. The van der Waals surface area contributed by atoms with Crippen LogP contribution < -0.4 is 5.32 Å². The van der Waals surface area contributed by atoms with Gasteiger partial charge in [0.1, 0.15) is 5.60 Å². The maximum absolute atomic E-state index is 11.2. The third-order valence-corrected chi connectivity index (χ3v) is 6.02. The number of hydrogen-bond acceptors (Lipinski definition) is 4. The van der Waals surface area contributed by atoms with E-state index in [9.17, 15) is 9.90 Å². The Labute approximate surface area is 132 Å². The molecular formula is C14H19ClN2O3S. The summed E-state index contributed by atoms with van der Waals surface area (Å²) in [5, 5.41) is 12.5. The van der Waals surface area contributed by atoms with Crippen LogP contribution in [-0.2, 0) is 10.3 Å². The van der Waals surface area contributed by atoms with Gasteiger partial charge < -0.3 is 20.1 Å². The van der Waals surface area contributed by atoms with Crippen LogP contribution >= 0.6 is 22.9 Å². The van der Waals surface area contributed by atoms with Crippen LogP contribution in [0.2, 0.25) is 4.34 Å². The predicted molar refractivity (Wildman–Crippen MR) is 82.2 cm³/mol. The Morgan fingerprint density at radius 3 is 3.05 bits per heavy atom. The first kappa shape index (κ1) is 15.1. The lowest BCUT2D eigenvalue weighted by Crippen LogP contribution is -2.52. The molecule has 0 radical (unpaired) electrons. The average molecular weight is 331 g/mol. The number of piperidine rings is 1. The zero-order valence-corrected chi connectivity index (χ0v) is 13.6. The minimum absolute atomic E-state index is 0.0592. The van der Waals surface area contributed by atoms with Gasteiger partial charge in [-0.15, -0.1) is 11.3 Å². The molecule has 1 spiro atoms. The van der Waals surface area contributed by atoms with E-state index < -0.39 is 6.09 Å². The minimum Gasteiger partial charge on any atom is -0.465 e. The molecule has 1 aromatic heterocycles. The van der Waals surface area contributed by atoms with Crippen LogP contribution in [0.1, 0.15) is 36.2 Å². The van der Waals surface area contributed by atoms with Gasteiger partial charge in [-0.3, -0.25) is 0 Å². The second kappa shape index (κ2) is 5.43. The number of nitrogens with zero attached hydrogens (tertiary/aromatic N) is 1. The van der Waals surface area contributed by atoms with Crippen molar-refractivity contribution in [2.45, 2.75) is 37.5 Å². The fourth-order valence-electron chi connectivity index (χ4n) is 3.46. The van der Waals surface area contributed by atoms with E-state index in [4.69, 9.17) is 16.3 Å². The Kier molecular flexibility index (Phi) is 3.90. The molecule has 1 fully saturated rings. The van der Waals surface area contributed by atoms with Crippen LogP contribution in [0.15, 0.2) is 6.07 Å². The van der Waals surface area contributed by atoms with Crippen molar-refractivity contribution in [3.8, 4) is 0 Å². The number of thiophene rings is 1. The van der Waals surface area contributed by atoms with Crippen molar-refractivity contribution in [3.05, 3.63) is 20.8 Å². The molecule has 116 valence electrons. The zero-order valence-electron chi connectivity index (χ0n) is 12.1. The summed E-state index contributed by atoms with van der Waals surface area (Å²) < 4.78 is 6.98. The lowest BCUT2D eigenvalue weighted by molar-refractivity contribution is -0.113. The minimum atomic E-state index is -0.856. The van der Waals surface area contributed by atoms with E-state index in [1.807, 2.05) is 20.0 Å². The smallest absolute Gasteiger partial charge is 0.407 e. The summed E-state index contributed by atoms with van der Waals surface area (Å²) >= 11 is 7.78. The van der Waals surface area contributed by atoms with Crippen molar-refractivity contribution in [2.75, 3.05) is 20.2 Å². The van der Waals surface area contributed by atoms with Crippen molar-refractivity contribution in [1.82, 2.24) is 10.2 Å². The predicted octanol–water partition coefficient (Wildman–Crippen LogP) is 3.05. The second-order valence-corrected chi connectivity index (χ2v) is 7.44. The third-order valence-electron chi connectivity index (χ3n) is 4.55. The monoisotopic (exact) mass is 330 g/mol. The average Bonchev–Trinajstić information content (AvgIpc) is 2.82. The largest absolute Gasteiger partial charge is 0.465 e. The van der Waals surface area contributed by atoms with Gasteiger partial charge in [-0.2, -0.15) is 0 Å². The molecule has 2 aliphatic rings. The van der Waals surface area contributed by atoms with Gasteiger partial charge in [-0.05, 0) is 32.0 Å². The van der Waals surface area contributed by atoms with Crippen LogP contribution in [-0.4, -0.2) is 42.3 Å². The number of carbonyl (C=O) groups is 1. The summed E-state index contributed by atoms with van der Waals surface area (Å²) in [6.45, 7) is 3.03. The molecule has 1 saturated heterocycles. The number of carboxylic acid groups (broad SMARTS) is 1. The second-order valence-electron chi connectivity index (χ2n) is 5.76. The standard InChI is InChI=1S/C14H19ClN2O3S/c1-8-6-14(3-4-17(8)13(18)19)12-9(5-11(15)21-12)10(16-2)7-20-14/h5,8,10,16H,3-4,6-7H2,1-2H3,(H,18,19)/t8-,10?,14+/m0/s1. The van der Waals surface area contributed by atoms with Crippen LogP contribution in [0.25, 0.3) is 0 Å². The number of amides is 1. The van der Waals surface area contributed by atoms with E-state index in [-0.39, 0.29) is 17.7 Å². The van der Waals surface area contributed by atoms with Crippen LogP contribution in [0, 0.1) is 0 Å². The molecular weight excluding hydrogens is 312 g/mol. The van der Waals surface area contributed by atoms with Gasteiger partial charge >= 0.3 is 6.09 Å². The Morgan fingerprint density at radius 2 is 2.43 bits per heavy atom. The molecule has 0 aromatic carbocycles. The highest BCUT2D eigenvalue weighted by atomic mass is 35.5. The van der Waals surface area contributed by atoms with Crippen molar-refractivity contribution in [3.63, 3.8) is 0 Å². The zero-order chi connectivity index (χ0) is 15.2. The number of likely N-dealkylation sites (N-methyl/N-ethyl adjacent to an activating group) is 1. The summed E-state index contributed by atoms with van der Waals surface area (Å²) in [6, 6.07) is 2.11. The molecule has 7 heteroatoms. The van der Waals surface area contributed by atoms with Crippen molar-refractivity contribution < 1.29 is 14.6 Å². The van der Waals surface area contributed by atoms with Gasteiger partial charge in [0.25, 0.3) is 0 Å². The molecule has 0 saturated carbocycles. The molecule has 5 nitrogen and oxygen atoms in total. The summed E-state index contributed by atoms with van der Waals surface area (Å²) in [6.07, 6.45) is 0.509. The highest BCUT2D eigenvalue weighted by Crippen LogP contribution is 2.50. The number of likely N-dealkylation sites (tertiary alicyclic amines) is 1. The maximum Gasteiger partial charge on any atom is 0.407 e. The fourth-order valence-corrected chi connectivity index (χ4v) is 4.94. The number of nitrogens with one attached hydrogen (secondary N) is 1. The van der Waals surface area contributed by atoms with E-state index in [0.29, 0.717) is 26.0 Å². The first-order valence-electron chi connectivity index (χ1n) is 7.07. The number of hydrogen-bond donors (Lipinski definition) is 2. The SMILES string of the molecule is CNC1CO[C@@]2(CCN(C(=O)O)[C@@H](C)C2)c2sc(Cl)cc21. The normalized spacial score (nSPS) is 32.2. The van der Waals surface area contributed by atoms with Gasteiger partial charge in [-0.1, -0.05) is 11.6 Å².